The number of ether oxygens (including phenoxy) is 1. The first-order valence-corrected chi connectivity index (χ1v) is 7.64. The summed E-state index contributed by atoms with van der Waals surface area (Å²) in [5, 5.41) is 0. The van der Waals surface area contributed by atoms with E-state index in [4.69, 9.17) is 18.0 Å². The van der Waals surface area contributed by atoms with Gasteiger partial charge in [-0.3, -0.25) is 4.79 Å². The van der Waals surface area contributed by atoms with Gasteiger partial charge in [-0.2, -0.15) is 4.31 Å². The maximum Gasteiger partial charge on any atom is 0.321 e. The molecule has 0 spiro atoms. The molecule has 2 N–H and O–H groups in total. The van der Waals surface area contributed by atoms with E-state index in [2.05, 4.69) is 4.74 Å². The standard InChI is InChI=1S/C12H16N2O4S2/c1-3-14(8-11(15)18-2)20(16,17)10-6-4-9(5-7-10)12(13)19/h4-7H,3,8H2,1-2H3,(H2,13,19). The van der Waals surface area contributed by atoms with Crippen molar-refractivity contribution < 1.29 is 17.9 Å². The Hall–Kier alpha value is -1.51. The van der Waals surface area contributed by atoms with Gasteiger partial charge in [0.05, 0.1) is 12.0 Å². The van der Waals surface area contributed by atoms with E-state index in [1.54, 1.807) is 6.92 Å². The SMILES string of the molecule is CCN(CC(=O)OC)S(=O)(=O)c1ccc(C(N)=S)cc1. The first-order chi connectivity index (χ1) is 9.32. The van der Waals surface area contributed by atoms with Gasteiger partial charge < -0.3 is 10.5 Å². The molecule has 1 aromatic rings. The second-order valence-corrected chi connectivity index (χ2v) is 6.27. The first kappa shape index (κ1) is 16.5. The molecule has 0 atom stereocenters. The molecule has 0 saturated heterocycles. The third-order valence-electron chi connectivity index (χ3n) is 2.66. The number of rotatable bonds is 6. The number of nitrogens with two attached hydrogens (primary N) is 1. The van der Waals surface area contributed by atoms with Crippen LogP contribution in [0.4, 0.5) is 0 Å². The zero-order valence-electron chi connectivity index (χ0n) is 11.2. The van der Waals surface area contributed by atoms with Crippen LogP contribution in [0.3, 0.4) is 0 Å². The lowest BCUT2D eigenvalue weighted by Crippen LogP contribution is -2.36. The lowest BCUT2D eigenvalue weighted by Gasteiger charge is -2.19. The maximum atomic E-state index is 12.4. The van der Waals surface area contributed by atoms with Crippen LogP contribution >= 0.6 is 12.2 Å². The van der Waals surface area contributed by atoms with Gasteiger partial charge >= 0.3 is 5.97 Å². The Morgan fingerprint density at radius 3 is 2.30 bits per heavy atom. The highest BCUT2D eigenvalue weighted by Gasteiger charge is 2.25. The van der Waals surface area contributed by atoms with Gasteiger partial charge in [-0.05, 0) is 12.1 Å². The summed E-state index contributed by atoms with van der Waals surface area (Å²) >= 11 is 4.80. The van der Waals surface area contributed by atoms with E-state index in [0.717, 1.165) is 4.31 Å². The first-order valence-electron chi connectivity index (χ1n) is 5.79. The topological polar surface area (TPSA) is 89.7 Å². The van der Waals surface area contributed by atoms with Crippen LogP contribution in [0.5, 0.6) is 0 Å². The molecular weight excluding hydrogens is 300 g/mol. The summed E-state index contributed by atoms with van der Waals surface area (Å²) < 4.78 is 30.2. The quantitative estimate of drug-likeness (QED) is 0.607. The van der Waals surface area contributed by atoms with Crippen molar-refractivity contribution in [2.45, 2.75) is 11.8 Å². The summed E-state index contributed by atoms with van der Waals surface area (Å²) in [6.45, 7) is 1.48. The number of sulfonamides is 1. The average Bonchev–Trinajstić information content (AvgIpc) is 2.44. The highest BCUT2D eigenvalue weighted by atomic mass is 32.2. The highest BCUT2D eigenvalue weighted by molar-refractivity contribution is 7.89. The fourth-order valence-electron chi connectivity index (χ4n) is 1.52. The van der Waals surface area contributed by atoms with E-state index in [1.165, 1.54) is 31.4 Å². The predicted molar refractivity (Wildman–Crippen MR) is 78.8 cm³/mol. The Morgan fingerprint density at radius 2 is 1.90 bits per heavy atom. The van der Waals surface area contributed by atoms with Crippen molar-refractivity contribution in [3.8, 4) is 0 Å². The van der Waals surface area contributed by atoms with Crippen molar-refractivity contribution in [3.63, 3.8) is 0 Å². The minimum Gasteiger partial charge on any atom is -0.468 e. The van der Waals surface area contributed by atoms with Gasteiger partial charge in [-0.15, -0.1) is 0 Å². The highest BCUT2D eigenvalue weighted by Crippen LogP contribution is 2.16. The van der Waals surface area contributed by atoms with Crippen molar-refractivity contribution >= 4 is 33.2 Å². The van der Waals surface area contributed by atoms with Gasteiger partial charge in [-0.1, -0.05) is 31.3 Å². The molecule has 0 saturated carbocycles. The second kappa shape index (κ2) is 6.78. The number of nitrogens with zero attached hydrogens (tertiary/aromatic N) is 1. The molecule has 0 radical (unpaired) electrons. The molecule has 0 amide bonds. The zero-order chi connectivity index (χ0) is 15.3. The summed E-state index contributed by atoms with van der Waals surface area (Å²) in [5.41, 5.74) is 6.03. The summed E-state index contributed by atoms with van der Waals surface area (Å²) in [5.74, 6) is -0.616. The average molecular weight is 316 g/mol. The molecule has 110 valence electrons. The van der Waals surface area contributed by atoms with Crippen molar-refractivity contribution in [2.24, 2.45) is 5.73 Å². The monoisotopic (exact) mass is 316 g/mol. The van der Waals surface area contributed by atoms with Gasteiger partial charge in [0.25, 0.3) is 0 Å². The largest absolute Gasteiger partial charge is 0.468 e. The summed E-state index contributed by atoms with van der Waals surface area (Å²) in [6.07, 6.45) is 0. The van der Waals surface area contributed by atoms with Gasteiger partial charge in [0.15, 0.2) is 0 Å². The Kier molecular flexibility index (Phi) is 5.61. The molecule has 0 heterocycles. The van der Waals surface area contributed by atoms with Crippen LogP contribution in [-0.2, 0) is 19.6 Å². The van der Waals surface area contributed by atoms with Crippen molar-refractivity contribution in [1.29, 1.82) is 0 Å². The second-order valence-electron chi connectivity index (χ2n) is 3.90. The Bertz CT molecular complexity index is 596. The number of esters is 1. The number of carbonyl (C=O) groups excluding carboxylic acids is 1. The molecule has 0 aliphatic heterocycles. The summed E-state index contributed by atoms with van der Waals surface area (Å²) in [7, 11) is -2.54. The Labute approximate surface area is 123 Å². The number of thiocarbonyl (C=S) groups is 1. The minimum atomic E-state index is -3.75. The van der Waals surface area contributed by atoms with Crippen molar-refractivity contribution in [2.75, 3.05) is 20.2 Å². The Morgan fingerprint density at radius 1 is 1.35 bits per heavy atom. The van der Waals surface area contributed by atoms with Crippen LogP contribution in [0.25, 0.3) is 0 Å². The van der Waals surface area contributed by atoms with Crippen LogP contribution in [-0.4, -0.2) is 43.9 Å². The molecule has 0 aliphatic carbocycles. The molecule has 20 heavy (non-hydrogen) atoms. The lowest BCUT2D eigenvalue weighted by atomic mass is 10.2. The van der Waals surface area contributed by atoms with E-state index in [0.29, 0.717) is 5.56 Å². The Balaban J connectivity index is 3.07. The molecular formula is C12H16N2O4S2. The van der Waals surface area contributed by atoms with Crippen LogP contribution in [0.1, 0.15) is 12.5 Å². The van der Waals surface area contributed by atoms with Gasteiger partial charge in [0.2, 0.25) is 10.0 Å². The van der Waals surface area contributed by atoms with Crippen LogP contribution in [0.2, 0.25) is 0 Å². The summed E-state index contributed by atoms with van der Waals surface area (Å²) in [4.78, 5) is 11.5. The van der Waals surface area contributed by atoms with Crippen LogP contribution in [0, 0.1) is 0 Å². The number of hydrogen-bond donors (Lipinski definition) is 1. The molecule has 0 aromatic heterocycles. The third kappa shape index (κ3) is 3.75. The molecule has 8 heteroatoms. The van der Waals surface area contributed by atoms with Gasteiger partial charge in [-0.25, -0.2) is 8.42 Å². The van der Waals surface area contributed by atoms with E-state index in [-0.39, 0.29) is 23.0 Å². The lowest BCUT2D eigenvalue weighted by molar-refractivity contribution is -0.140. The number of likely N-dealkylation sites (N-methyl/N-ethyl adjacent to an activating group) is 1. The van der Waals surface area contributed by atoms with Gasteiger partial charge in [0, 0.05) is 12.1 Å². The van der Waals surface area contributed by atoms with Crippen LogP contribution in [0.15, 0.2) is 29.2 Å². The fraction of sp³-hybridized carbons (Fsp3) is 0.333. The van der Waals surface area contributed by atoms with E-state index in [9.17, 15) is 13.2 Å². The smallest absolute Gasteiger partial charge is 0.321 e. The molecule has 0 bridgehead atoms. The van der Waals surface area contributed by atoms with Gasteiger partial charge in [0.1, 0.15) is 11.5 Å². The zero-order valence-corrected chi connectivity index (χ0v) is 12.8. The minimum absolute atomic E-state index is 0.0725. The van der Waals surface area contributed by atoms with E-state index in [1.807, 2.05) is 0 Å². The fourth-order valence-corrected chi connectivity index (χ4v) is 3.05. The maximum absolute atomic E-state index is 12.4. The molecule has 1 aromatic carbocycles. The summed E-state index contributed by atoms with van der Waals surface area (Å²) in [6, 6.07) is 5.87. The predicted octanol–water partition coefficient (Wildman–Crippen LogP) is 0.504. The molecule has 0 fully saturated rings. The van der Waals surface area contributed by atoms with E-state index < -0.39 is 16.0 Å². The number of carbonyl (C=O) groups is 1. The van der Waals surface area contributed by atoms with E-state index >= 15 is 0 Å². The van der Waals surface area contributed by atoms with Crippen molar-refractivity contribution in [1.82, 2.24) is 4.31 Å². The number of hydrogen-bond acceptors (Lipinski definition) is 5. The third-order valence-corrected chi connectivity index (χ3v) is 4.83. The number of methoxy groups -OCH3 is 1. The molecule has 6 nitrogen and oxygen atoms in total. The molecule has 0 unspecified atom stereocenters. The number of benzene rings is 1. The normalized spacial score (nSPS) is 11.3. The molecule has 0 aliphatic rings. The molecule has 1 rings (SSSR count). The van der Waals surface area contributed by atoms with Crippen LogP contribution < -0.4 is 5.73 Å². The van der Waals surface area contributed by atoms with Crippen molar-refractivity contribution in [3.05, 3.63) is 29.8 Å².